The number of halogens is 1. The maximum absolute atomic E-state index is 6.18. The molecule has 1 unspecified atom stereocenters. The van der Waals surface area contributed by atoms with Gasteiger partial charge >= 0.3 is 0 Å². The van der Waals surface area contributed by atoms with Gasteiger partial charge in [0.25, 0.3) is 0 Å². The minimum atomic E-state index is 0.193. The molecule has 104 valence electrons. The Labute approximate surface area is 126 Å². The molecule has 0 radical (unpaired) electrons. The van der Waals surface area contributed by atoms with Crippen LogP contribution in [0.3, 0.4) is 0 Å². The Balaban J connectivity index is 1.78. The molecule has 0 spiro atoms. The van der Waals surface area contributed by atoms with E-state index >= 15 is 0 Å². The molecular weight excluding hydrogens is 292 g/mol. The summed E-state index contributed by atoms with van der Waals surface area (Å²) < 4.78 is 5.55. The van der Waals surface area contributed by atoms with Crippen molar-refractivity contribution in [2.24, 2.45) is 0 Å². The molecule has 0 aliphatic carbocycles. The smallest absolute Gasteiger partial charge is 0.199 e. The molecule has 0 aliphatic rings. The summed E-state index contributed by atoms with van der Waals surface area (Å²) in [4.78, 5) is 5.62. The van der Waals surface area contributed by atoms with Crippen molar-refractivity contribution in [1.82, 2.24) is 10.3 Å². The number of aromatic nitrogens is 1. The largest absolute Gasteiger partial charge is 0.444 e. The molecule has 1 N–H and O–H groups in total. The van der Waals surface area contributed by atoms with Crippen LogP contribution in [0, 0.1) is 6.92 Å². The van der Waals surface area contributed by atoms with Crippen LogP contribution in [0.5, 0.6) is 0 Å². The van der Waals surface area contributed by atoms with Gasteiger partial charge in [-0.1, -0.05) is 18.2 Å². The van der Waals surface area contributed by atoms with Crippen LogP contribution in [0.15, 0.2) is 34.9 Å². The van der Waals surface area contributed by atoms with Gasteiger partial charge in [-0.25, -0.2) is 4.98 Å². The Morgan fingerprint density at radius 3 is 2.95 bits per heavy atom. The van der Waals surface area contributed by atoms with E-state index in [1.165, 1.54) is 4.88 Å². The monoisotopic (exact) mass is 306 g/mol. The predicted octanol–water partition coefficient (Wildman–Crippen LogP) is 4.70. The number of thiazole rings is 1. The van der Waals surface area contributed by atoms with Gasteiger partial charge in [0, 0.05) is 28.6 Å². The number of hydrogen-bond acceptors (Lipinski definition) is 4. The first kappa shape index (κ1) is 13.6. The topological polar surface area (TPSA) is 38.1 Å². The summed E-state index contributed by atoms with van der Waals surface area (Å²) in [6, 6.07) is 8.09. The van der Waals surface area contributed by atoms with E-state index in [9.17, 15) is 0 Å². The lowest BCUT2D eigenvalue weighted by Crippen LogP contribution is -2.17. The van der Waals surface area contributed by atoms with Gasteiger partial charge in [0.2, 0.25) is 0 Å². The Kier molecular flexibility index (Phi) is 3.78. The van der Waals surface area contributed by atoms with Crippen molar-refractivity contribution < 1.29 is 4.42 Å². The molecule has 0 fully saturated rings. The number of para-hydroxylation sites is 1. The highest BCUT2D eigenvalue weighted by molar-refractivity contribution is 7.11. The number of furan rings is 1. The van der Waals surface area contributed by atoms with Crippen molar-refractivity contribution in [2.45, 2.75) is 26.4 Å². The first-order chi connectivity index (χ1) is 9.65. The molecule has 20 heavy (non-hydrogen) atoms. The van der Waals surface area contributed by atoms with Gasteiger partial charge in [0.05, 0.1) is 6.04 Å². The van der Waals surface area contributed by atoms with Crippen LogP contribution in [0.4, 0.5) is 0 Å². The second-order valence-corrected chi connectivity index (χ2v) is 6.37. The molecule has 0 bridgehead atoms. The van der Waals surface area contributed by atoms with E-state index in [0.717, 1.165) is 21.5 Å². The SMILES string of the molecule is Cc1cnc(C(C)NCc2c(Cl)oc3ccccc23)s1. The summed E-state index contributed by atoms with van der Waals surface area (Å²) >= 11 is 7.89. The van der Waals surface area contributed by atoms with E-state index in [4.69, 9.17) is 16.0 Å². The van der Waals surface area contributed by atoms with Crippen molar-refractivity contribution in [3.63, 3.8) is 0 Å². The fourth-order valence-electron chi connectivity index (χ4n) is 2.15. The van der Waals surface area contributed by atoms with Gasteiger partial charge in [-0.05, 0) is 31.5 Å². The third kappa shape index (κ3) is 2.59. The molecule has 3 nitrogen and oxygen atoms in total. The third-order valence-electron chi connectivity index (χ3n) is 3.24. The number of benzene rings is 1. The molecule has 0 saturated heterocycles. The quantitative estimate of drug-likeness (QED) is 0.759. The summed E-state index contributed by atoms with van der Waals surface area (Å²) in [6.45, 7) is 4.83. The van der Waals surface area contributed by atoms with Gasteiger partial charge in [-0.2, -0.15) is 0 Å². The number of rotatable bonds is 4. The van der Waals surface area contributed by atoms with Crippen molar-refractivity contribution in [1.29, 1.82) is 0 Å². The second-order valence-electron chi connectivity index (χ2n) is 4.76. The summed E-state index contributed by atoms with van der Waals surface area (Å²) in [5.41, 5.74) is 1.83. The Morgan fingerprint density at radius 2 is 2.20 bits per heavy atom. The maximum atomic E-state index is 6.18. The Hall–Kier alpha value is -1.36. The van der Waals surface area contributed by atoms with Crippen LogP contribution in [0.25, 0.3) is 11.0 Å². The summed E-state index contributed by atoms with van der Waals surface area (Å²) in [5, 5.41) is 6.06. The fourth-order valence-corrected chi connectivity index (χ4v) is 3.20. The lowest BCUT2D eigenvalue weighted by Gasteiger charge is -2.10. The number of aryl methyl sites for hydroxylation is 1. The first-order valence-corrected chi connectivity index (χ1v) is 7.66. The molecule has 0 aliphatic heterocycles. The van der Waals surface area contributed by atoms with E-state index < -0.39 is 0 Å². The predicted molar refractivity (Wildman–Crippen MR) is 83.3 cm³/mol. The number of hydrogen-bond donors (Lipinski definition) is 1. The highest BCUT2D eigenvalue weighted by Crippen LogP contribution is 2.30. The van der Waals surface area contributed by atoms with Crippen LogP contribution in [-0.4, -0.2) is 4.98 Å². The van der Waals surface area contributed by atoms with E-state index in [0.29, 0.717) is 11.8 Å². The lowest BCUT2D eigenvalue weighted by atomic mass is 10.1. The van der Waals surface area contributed by atoms with Crippen LogP contribution >= 0.6 is 22.9 Å². The van der Waals surface area contributed by atoms with E-state index in [2.05, 4.69) is 24.1 Å². The summed E-state index contributed by atoms with van der Waals surface area (Å²) in [6.07, 6.45) is 1.90. The molecule has 5 heteroatoms. The normalized spacial score (nSPS) is 12.9. The van der Waals surface area contributed by atoms with Crippen molar-refractivity contribution in [2.75, 3.05) is 0 Å². The van der Waals surface area contributed by atoms with Gasteiger partial charge in [-0.15, -0.1) is 11.3 Å². The zero-order valence-electron chi connectivity index (χ0n) is 11.3. The van der Waals surface area contributed by atoms with E-state index in [-0.39, 0.29) is 6.04 Å². The van der Waals surface area contributed by atoms with Gasteiger partial charge < -0.3 is 9.73 Å². The second kappa shape index (κ2) is 5.56. The van der Waals surface area contributed by atoms with Crippen LogP contribution in [0.2, 0.25) is 5.22 Å². The Bertz CT molecular complexity index is 734. The average Bonchev–Trinajstić information content (AvgIpc) is 2.99. The highest BCUT2D eigenvalue weighted by Gasteiger charge is 2.14. The number of nitrogens with zero attached hydrogens (tertiary/aromatic N) is 1. The fraction of sp³-hybridized carbons (Fsp3) is 0.267. The standard InChI is InChI=1S/C15H15ClN2OS/c1-9-7-18-15(20-9)10(2)17-8-12-11-5-3-4-6-13(11)19-14(12)16/h3-7,10,17H,8H2,1-2H3. The van der Waals surface area contributed by atoms with Crippen molar-refractivity contribution >= 4 is 33.9 Å². The summed E-state index contributed by atoms with van der Waals surface area (Å²) in [5.74, 6) is 0. The first-order valence-electron chi connectivity index (χ1n) is 6.47. The van der Waals surface area contributed by atoms with Crippen LogP contribution in [-0.2, 0) is 6.54 Å². The van der Waals surface area contributed by atoms with Crippen LogP contribution in [0.1, 0.15) is 28.4 Å². The van der Waals surface area contributed by atoms with Gasteiger partial charge in [-0.3, -0.25) is 0 Å². The Morgan fingerprint density at radius 1 is 1.40 bits per heavy atom. The highest BCUT2D eigenvalue weighted by atomic mass is 35.5. The lowest BCUT2D eigenvalue weighted by molar-refractivity contribution is 0.561. The van der Waals surface area contributed by atoms with E-state index in [1.54, 1.807) is 11.3 Å². The molecule has 0 amide bonds. The molecule has 3 rings (SSSR count). The third-order valence-corrected chi connectivity index (χ3v) is 4.64. The van der Waals surface area contributed by atoms with E-state index in [1.807, 2.05) is 30.5 Å². The minimum absolute atomic E-state index is 0.193. The van der Waals surface area contributed by atoms with Gasteiger partial charge in [0.1, 0.15) is 10.6 Å². The molecule has 2 heterocycles. The maximum Gasteiger partial charge on any atom is 0.199 e. The number of nitrogens with one attached hydrogen (secondary N) is 1. The molecule has 0 saturated carbocycles. The number of fused-ring (bicyclic) bond motifs is 1. The zero-order chi connectivity index (χ0) is 14.1. The molecule has 2 aromatic heterocycles. The van der Waals surface area contributed by atoms with Gasteiger partial charge in [0.15, 0.2) is 5.22 Å². The minimum Gasteiger partial charge on any atom is -0.444 e. The summed E-state index contributed by atoms with van der Waals surface area (Å²) in [7, 11) is 0. The van der Waals surface area contributed by atoms with Crippen molar-refractivity contribution in [3.05, 3.63) is 51.1 Å². The zero-order valence-corrected chi connectivity index (χ0v) is 12.9. The average molecular weight is 307 g/mol. The molecule has 1 atom stereocenters. The molecule has 3 aromatic rings. The molecular formula is C15H15ClN2OS. The molecule has 1 aromatic carbocycles. The van der Waals surface area contributed by atoms with Crippen LogP contribution < -0.4 is 5.32 Å². The van der Waals surface area contributed by atoms with Crippen molar-refractivity contribution in [3.8, 4) is 0 Å².